The van der Waals surface area contributed by atoms with Gasteiger partial charge in [0.2, 0.25) is 0 Å². The summed E-state index contributed by atoms with van der Waals surface area (Å²) in [6.07, 6.45) is 8.02. The van der Waals surface area contributed by atoms with E-state index in [0.717, 1.165) is 47.6 Å². The molecule has 5 rings (SSSR count). The van der Waals surface area contributed by atoms with Crippen LogP contribution in [0.1, 0.15) is 35.7 Å². The number of piperidine rings is 1. The van der Waals surface area contributed by atoms with E-state index in [0.29, 0.717) is 6.61 Å². The molecule has 0 bridgehead atoms. The van der Waals surface area contributed by atoms with Gasteiger partial charge in [0, 0.05) is 12.7 Å². The SMILES string of the molecule is COc1cc(/C=C2\CCCN3C2NOC[C@@H]3c2ccc(F)cc2)ccc1-n1cnc(C)c1. The van der Waals surface area contributed by atoms with Gasteiger partial charge in [-0.25, -0.2) is 9.37 Å². The first-order chi connectivity index (χ1) is 15.6. The van der Waals surface area contributed by atoms with Crippen LogP contribution in [-0.4, -0.2) is 40.9 Å². The first-order valence-corrected chi connectivity index (χ1v) is 10.9. The monoisotopic (exact) mass is 434 g/mol. The minimum atomic E-state index is -0.220. The van der Waals surface area contributed by atoms with Gasteiger partial charge in [-0.15, -0.1) is 0 Å². The van der Waals surface area contributed by atoms with Gasteiger partial charge in [0.05, 0.1) is 37.5 Å². The minimum absolute atomic E-state index is 0.0190. The largest absolute Gasteiger partial charge is 0.495 e. The van der Waals surface area contributed by atoms with Crippen molar-refractivity contribution in [1.82, 2.24) is 19.9 Å². The lowest BCUT2D eigenvalue weighted by atomic mass is 9.94. The molecule has 3 aromatic rings. The van der Waals surface area contributed by atoms with Gasteiger partial charge in [0.15, 0.2) is 0 Å². The number of imidazole rings is 1. The number of aryl methyl sites for hydroxylation is 1. The van der Waals surface area contributed by atoms with Gasteiger partial charge < -0.3 is 9.30 Å². The van der Waals surface area contributed by atoms with Gasteiger partial charge in [0.25, 0.3) is 0 Å². The Morgan fingerprint density at radius 2 is 2.06 bits per heavy atom. The van der Waals surface area contributed by atoms with E-state index in [-0.39, 0.29) is 18.0 Å². The number of nitrogens with one attached hydrogen (secondary N) is 1. The summed E-state index contributed by atoms with van der Waals surface area (Å²) in [4.78, 5) is 12.5. The number of fused-ring (bicyclic) bond motifs is 1. The molecule has 2 aliphatic rings. The molecule has 166 valence electrons. The zero-order chi connectivity index (χ0) is 22.1. The van der Waals surface area contributed by atoms with Gasteiger partial charge >= 0.3 is 0 Å². The van der Waals surface area contributed by atoms with Gasteiger partial charge in [-0.05, 0) is 60.7 Å². The van der Waals surface area contributed by atoms with Gasteiger partial charge in [-0.3, -0.25) is 9.74 Å². The molecule has 0 saturated carbocycles. The van der Waals surface area contributed by atoms with Crippen molar-refractivity contribution in [3.63, 3.8) is 0 Å². The standard InChI is InChI=1S/C25H27FN4O2/c1-17-14-29(16-27-17)22-10-5-18(13-24(22)31-2)12-20-4-3-11-30-23(15-32-28-25(20)30)19-6-8-21(26)9-7-19/h5-10,12-14,16,23,25,28H,3-4,11,15H2,1-2H3/b20-12+/t23-,25?/m1/s1. The van der Waals surface area contributed by atoms with Crippen LogP contribution in [0, 0.1) is 12.7 Å². The summed E-state index contributed by atoms with van der Waals surface area (Å²) in [6, 6.07) is 13.0. The Morgan fingerprint density at radius 3 is 2.81 bits per heavy atom. The maximum Gasteiger partial charge on any atom is 0.143 e. The Bertz CT molecular complexity index is 1130. The Labute approximate surface area is 187 Å². The quantitative estimate of drug-likeness (QED) is 0.659. The Morgan fingerprint density at radius 1 is 1.22 bits per heavy atom. The smallest absolute Gasteiger partial charge is 0.143 e. The average Bonchev–Trinajstić information content (AvgIpc) is 3.25. The number of nitrogens with zero attached hydrogens (tertiary/aromatic N) is 3. The fourth-order valence-corrected chi connectivity index (χ4v) is 4.61. The molecule has 0 amide bonds. The molecule has 7 heteroatoms. The molecule has 3 heterocycles. The summed E-state index contributed by atoms with van der Waals surface area (Å²) in [6.45, 7) is 3.46. The summed E-state index contributed by atoms with van der Waals surface area (Å²) in [5.74, 6) is 0.573. The van der Waals surface area contributed by atoms with Crippen LogP contribution in [0.4, 0.5) is 4.39 Å². The molecular weight excluding hydrogens is 407 g/mol. The molecule has 0 aliphatic carbocycles. The first-order valence-electron chi connectivity index (χ1n) is 10.9. The summed E-state index contributed by atoms with van der Waals surface area (Å²) in [5.41, 5.74) is 8.53. The molecule has 2 aromatic carbocycles. The summed E-state index contributed by atoms with van der Waals surface area (Å²) < 4.78 is 21.0. The van der Waals surface area contributed by atoms with Gasteiger partial charge in [-0.1, -0.05) is 24.3 Å². The molecule has 1 N–H and O–H groups in total. The number of halogens is 1. The number of rotatable bonds is 4. The third kappa shape index (κ3) is 4.07. The van der Waals surface area contributed by atoms with Crippen molar-refractivity contribution in [2.45, 2.75) is 32.0 Å². The number of benzene rings is 2. The Kier molecular flexibility index (Phi) is 5.78. The topological polar surface area (TPSA) is 51.6 Å². The van der Waals surface area contributed by atoms with Crippen LogP contribution in [0.25, 0.3) is 11.8 Å². The molecular formula is C25H27FN4O2. The lowest BCUT2D eigenvalue weighted by molar-refractivity contribution is -0.117. The number of hydrogen-bond donors (Lipinski definition) is 1. The van der Waals surface area contributed by atoms with E-state index in [1.165, 1.54) is 17.7 Å². The van der Waals surface area contributed by atoms with E-state index in [9.17, 15) is 4.39 Å². The zero-order valence-corrected chi connectivity index (χ0v) is 18.3. The second-order valence-corrected chi connectivity index (χ2v) is 8.31. The van der Waals surface area contributed by atoms with E-state index in [4.69, 9.17) is 9.57 Å². The van der Waals surface area contributed by atoms with Crippen molar-refractivity contribution < 1.29 is 14.0 Å². The second-order valence-electron chi connectivity index (χ2n) is 8.31. The average molecular weight is 435 g/mol. The van der Waals surface area contributed by atoms with Crippen molar-refractivity contribution in [3.05, 3.63) is 83.2 Å². The van der Waals surface area contributed by atoms with Crippen LogP contribution in [0.2, 0.25) is 0 Å². The van der Waals surface area contributed by atoms with Crippen LogP contribution < -0.4 is 10.2 Å². The Balaban J connectivity index is 1.43. The molecule has 2 saturated heterocycles. The summed E-state index contributed by atoms with van der Waals surface area (Å²) in [7, 11) is 1.69. The normalized spacial score (nSPS) is 22.7. The maximum atomic E-state index is 13.4. The maximum absolute atomic E-state index is 13.4. The highest BCUT2D eigenvalue weighted by atomic mass is 19.1. The third-order valence-corrected chi connectivity index (χ3v) is 6.20. The fraction of sp³-hybridized carbons (Fsp3) is 0.320. The molecule has 1 aromatic heterocycles. The molecule has 6 nitrogen and oxygen atoms in total. The zero-order valence-electron chi connectivity index (χ0n) is 18.3. The first kappa shape index (κ1) is 20.9. The van der Waals surface area contributed by atoms with Crippen molar-refractivity contribution in [3.8, 4) is 11.4 Å². The molecule has 2 atom stereocenters. The predicted molar refractivity (Wildman–Crippen MR) is 121 cm³/mol. The highest BCUT2D eigenvalue weighted by molar-refractivity contribution is 5.61. The van der Waals surface area contributed by atoms with E-state index >= 15 is 0 Å². The van der Waals surface area contributed by atoms with Gasteiger partial charge in [-0.2, -0.15) is 5.48 Å². The van der Waals surface area contributed by atoms with Crippen molar-refractivity contribution in [2.24, 2.45) is 0 Å². The van der Waals surface area contributed by atoms with Gasteiger partial charge in [0.1, 0.15) is 17.7 Å². The molecule has 2 aliphatic heterocycles. The van der Waals surface area contributed by atoms with Crippen LogP contribution >= 0.6 is 0 Å². The number of ether oxygens (including phenoxy) is 1. The minimum Gasteiger partial charge on any atom is -0.495 e. The van der Waals surface area contributed by atoms with Crippen LogP contribution in [0.15, 0.2) is 60.6 Å². The second kappa shape index (κ2) is 8.86. The third-order valence-electron chi connectivity index (χ3n) is 6.20. The van der Waals surface area contributed by atoms with Crippen molar-refractivity contribution in [2.75, 3.05) is 20.3 Å². The van der Waals surface area contributed by atoms with E-state index in [1.54, 1.807) is 13.4 Å². The highest BCUT2D eigenvalue weighted by Crippen LogP contribution is 2.35. The summed E-state index contributed by atoms with van der Waals surface area (Å²) in [5, 5.41) is 0. The molecule has 2 fully saturated rings. The fourth-order valence-electron chi connectivity index (χ4n) is 4.61. The van der Waals surface area contributed by atoms with Crippen molar-refractivity contribution >= 4 is 6.08 Å². The molecule has 1 unspecified atom stereocenters. The lowest BCUT2D eigenvalue weighted by Gasteiger charge is -2.46. The van der Waals surface area contributed by atoms with Crippen molar-refractivity contribution in [1.29, 1.82) is 0 Å². The van der Waals surface area contributed by atoms with Crippen LogP contribution in [0.3, 0.4) is 0 Å². The number of aromatic nitrogens is 2. The molecule has 0 radical (unpaired) electrons. The molecule has 32 heavy (non-hydrogen) atoms. The van der Waals surface area contributed by atoms with Crippen LogP contribution in [0.5, 0.6) is 5.75 Å². The van der Waals surface area contributed by atoms with Crippen LogP contribution in [-0.2, 0) is 4.84 Å². The van der Waals surface area contributed by atoms with E-state index in [1.807, 2.05) is 29.8 Å². The number of hydrogen-bond acceptors (Lipinski definition) is 5. The number of methoxy groups -OCH3 is 1. The van der Waals surface area contributed by atoms with E-state index < -0.39 is 0 Å². The lowest BCUT2D eigenvalue weighted by Crippen LogP contribution is -2.56. The predicted octanol–water partition coefficient (Wildman–Crippen LogP) is 4.41. The highest BCUT2D eigenvalue weighted by Gasteiger charge is 2.36. The number of hydroxylamine groups is 1. The Hall–Kier alpha value is -3.00. The summed E-state index contributed by atoms with van der Waals surface area (Å²) >= 11 is 0. The molecule has 0 spiro atoms. The van der Waals surface area contributed by atoms with E-state index in [2.05, 4.69) is 39.6 Å².